The van der Waals surface area contributed by atoms with E-state index in [-0.39, 0.29) is 5.41 Å². The molecule has 14 rings (SSSR count). The van der Waals surface area contributed by atoms with Gasteiger partial charge in [-0.2, -0.15) is 0 Å². The number of hydrogen-bond acceptors (Lipinski definition) is 2. The molecule has 2 aliphatic carbocycles. The number of para-hydroxylation sites is 3. The molecule has 3 heteroatoms. The van der Waals surface area contributed by atoms with Gasteiger partial charge in [-0.1, -0.05) is 184 Å². The molecule has 2 heterocycles. The second kappa shape index (κ2) is 14.9. The lowest BCUT2D eigenvalue weighted by Gasteiger charge is -2.33. The van der Waals surface area contributed by atoms with E-state index in [0.29, 0.717) is 0 Å². The van der Waals surface area contributed by atoms with Crippen molar-refractivity contribution in [2.45, 2.75) is 24.7 Å². The van der Waals surface area contributed by atoms with E-state index < -0.39 is 5.41 Å². The summed E-state index contributed by atoms with van der Waals surface area (Å²) in [5, 5.41) is 3.62. The van der Waals surface area contributed by atoms with Crippen molar-refractivity contribution in [1.29, 1.82) is 0 Å². The van der Waals surface area contributed by atoms with Crippen LogP contribution in [0, 0.1) is 0 Å². The molecule has 0 radical (unpaired) electrons. The average Bonchev–Trinajstić information content (AvgIpc) is 4.11. The van der Waals surface area contributed by atoms with E-state index in [0.717, 1.165) is 45.0 Å². The van der Waals surface area contributed by atoms with Crippen molar-refractivity contribution in [2.75, 3.05) is 4.90 Å². The number of nitrogens with zero attached hydrogens (tertiary/aromatic N) is 2. The maximum atomic E-state index is 7.11. The highest BCUT2D eigenvalue weighted by Crippen LogP contribution is 2.60. The highest BCUT2D eigenvalue weighted by molar-refractivity contribution is 6.10. The average molecular weight is 883 g/mol. The molecule has 0 aliphatic heterocycles. The third-order valence-electron chi connectivity index (χ3n) is 15.3. The largest absolute Gasteiger partial charge is 0.459 e. The molecule has 12 aromatic rings. The Labute approximate surface area is 401 Å². The summed E-state index contributed by atoms with van der Waals surface area (Å²) < 4.78 is 9.48. The van der Waals surface area contributed by atoms with Gasteiger partial charge in [0.05, 0.1) is 11.0 Å². The minimum Gasteiger partial charge on any atom is -0.459 e. The van der Waals surface area contributed by atoms with Crippen LogP contribution in [0.5, 0.6) is 0 Å². The smallest absolute Gasteiger partial charge is 0.135 e. The lowest BCUT2D eigenvalue weighted by Crippen LogP contribution is -2.28. The molecule has 0 saturated carbocycles. The summed E-state index contributed by atoms with van der Waals surface area (Å²) >= 11 is 0. The highest BCUT2D eigenvalue weighted by Gasteiger charge is 2.50. The molecule has 2 aliphatic rings. The Morgan fingerprint density at radius 3 is 1.68 bits per heavy atom. The summed E-state index contributed by atoms with van der Waals surface area (Å²) in [4.78, 5) is 2.46. The third-order valence-corrected chi connectivity index (χ3v) is 15.3. The molecule has 0 fully saturated rings. The molecule has 326 valence electrons. The van der Waals surface area contributed by atoms with Crippen LogP contribution in [0.3, 0.4) is 0 Å². The Morgan fingerprint density at radius 1 is 0.391 bits per heavy atom. The molecular weight excluding hydrogens is 837 g/mol. The summed E-state index contributed by atoms with van der Waals surface area (Å²) in [6.07, 6.45) is 0. The van der Waals surface area contributed by atoms with Gasteiger partial charge in [-0.05, 0) is 128 Å². The van der Waals surface area contributed by atoms with Gasteiger partial charge in [-0.15, -0.1) is 0 Å². The first-order valence-corrected chi connectivity index (χ1v) is 24.0. The molecule has 0 N–H and O–H groups in total. The maximum absolute atomic E-state index is 7.11. The molecular formula is C66H46N2O. The monoisotopic (exact) mass is 882 g/mol. The number of benzene rings is 10. The Balaban J connectivity index is 0.967. The predicted octanol–water partition coefficient (Wildman–Crippen LogP) is 17.3. The van der Waals surface area contributed by atoms with Crippen LogP contribution in [0.1, 0.15) is 47.4 Å². The van der Waals surface area contributed by atoms with Crippen LogP contribution in [0.2, 0.25) is 0 Å². The summed E-state index contributed by atoms with van der Waals surface area (Å²) in [7, 11) is 0. The summed E-state index contributed by atoms with van der Waals surface area (Å²) in [6, 6.07) is 89.0. The quantitative estimate of drug-likeness (QED) is 0.159. The summed E-state index contributed by atoms with van der Waals surface area (Å²) in [5.74, 6) is 0.963. The van der Waals surface area contributed by atoms with Gasteiger partial charge >= 0.3 is 0 Å². The fourth-order valence-electron chi connectivity index (χ4n) is 12.1. The topological polar surface area (TPSA) is 21.3 Å². The van der Waals surface area contributed by atoms with Crippen LogP contribution >= 0.6 is 0 Å². The van der Waals surface area contributed by atoms with Crippen molar-refractivity contribution in [2.24, 2.45) is 0 Å². The number of fused-ring (bicyclic) bond motifs is 11. The Hall–Kier alpha value is -8.66. The molecule has 69 heavy (non-hydrogen) atoms. The van der Waals surface area contributed by atoms with Gasteiger partial charge < -0.3 is 13.9 Å². The predicted molar refractivity (Wildman–Crippen MR) is 286 cm³/mol. The van der Waals surface area contributed by atoms with Gasteiger partial charge in [0.15, 0.2) is 0 Å². The fourth-order valence-corrected chi connectivity index (χ4v) is 12.1. The van der Waals surface area contributed by atoms with E-state index in [2.05, 4.69) is 266 Å². The number of hydrogen-bond donors (Lipinski definition) is 0. The number of anilines is 3. The molecule has 10 aromatic carbocycles. The number of furan rings is 1. The van der Waals surface area contributed by atoms with Crippen molar-refractivity contribution >= 4 is 49.8 Å². The second-order valence-electron chi connectivity index (χ2n) is 19.2. The SMILES string of the molecule is CC1(C)c2ccccc2-c2ccc(N(c3ccc(-c4ccc5c(c4)c4ccccc4n5-c4ccccc4)cc3)c3ccc4c(c3)C(c3ccccc3)(c3ccccc3)c3oc5ccccc5c3-4)cc21. The minimum absolute atomic E-state index is 0.164. The number of rotatable bonds is 7. The molecule has 0 spiro atoms. The standard InChI is InChI=1S/C66H46N2O/c1-65(2)57-27-15-12-24-51(57)52-37-35-49(41-58(52)65)67(48-33-30-43(31-34-48)44-32-39-61-56(40-44)53-25-13-16-28-60(53)68(61)47-22-10-5-11-23-47)50-36-38-54-59(42-50)66(45-18-6-3-7-19-45,46-20-8-4-9-21-46)64-63(54)55-26-14-17-29-62(55)69-64/h3-42H,1-2H3. The van der Waals surface area contributed by atoms with E-state index in [9.17, 15) is 0 Å². The molecule has 0 bridgehead atoms. The van der Waals surface area contributed by atoms with Gasteiger partial charge in [0.2, 0.25) is 0 Å². The molecule has 3 nitrogen and oxygen atoms in total. The first-order valence-electron chi connectivity index (χ1n) is 24.0. The van der Waals surface area contributed by atoms with Crippen molar-refractivity contribution < 1.29 is 4.42 Å². The van der Waals surface area contributed by atoms with E-state index in [1.54, 1.807) is 0 Å². The van der Waals surface area contributed by atoms with Crippen LogP contribution in [-0.4, -0.2) is 4.57 Å². The van der Waals surface area contributed by atoms with Crippen LogP contribution in [-0.2, 0) is 10.8 Å². The Morgan fingerprint density at radius 2 is 0.942 bits per heavy atom. The minimum atomic E-state index is -0.707. The van der Waals surface area contributed by atoms with Crippen molar-refractivity contribution in [1.82, 2.24) is 4.57 Å². The Bertz CT molecular complexity index is 3930. The van der Waals surface area contributed by atoms with E-state index in [1.807, 2.05) is 0 Å². The van der Waals surface area contributed by atoms with Crippen LogP contribution in [0.15, 0.2) is 247 Å². The molecule has 2 aromatic heterocycles. The van der Waals surface area contributed by atoms with Crippen molar-refractivity contribution in [3.8, 4) is 39.1 Å². The zero-order chi connectivity index (χ0) is 45.8. The van der Waals surface area contributed by atoms with Gasteiger partial charge in [-0.3, -0.25) is 0 Å². The van der Waals surface area contributed by atoms with Gasteiger partial charge in [0.25, 0.3) is 0 Å². The molecule has 0 saturated heterocycles. The first-order chi connectivity index (χ1) is 34.0. The first kappa shape index (κ1) is 39.5. The molecule has 0 atom stereocenters. The zero-order valence-electron chi connectivity index (χ0n) is 38.4. The van der Waals surface area contributed by atoms with Gasteiger partial charge in [0.1, 0.15) is 16.8 Å². The van der Waals surface area contributed by atoms with E-state index in [4.69, 9.17) is 4.42 Å². The van der Waals surface area contributed by atoms with Crippen LogP contribution in [0.4, 0.5) is 17.1 Å². The highest BCUT2D eigenvalue weighted by atomic mass is 16.3. The lowest BCUT2D eigenvalue weighted by atomic mass is 9.70. The summed E-state index contributed by atoms with van der Waals surface area (Å²) in [5.41, 5.74) is 20.4. The fraction of sp³-hybridized carbons (Fsp3) is 0.0606. The normalized spacial score (nSPS) is 13.9. The van der Waals surface area contributed by atoms with Crippen LogP contribution in [0.25, 0.3) is 71.8 Å². The van der Waals surface area contributed by atoms with Crippen molar-refractivity contribution in [3.63, 3.8) is 0 Å². The lowest BCUT2D eigenvalue weighted by molar-refractivity contribution is 0.502. The second-order valence-corrected chi connectivity index (χ2v) is 19.2. The van der Waals surface area contributed by atoms with Crippen molar-refractivity contribution in [3.05, 3.63) is 276 Å². The van der Waals surface area contributed by atoms with E-state index >= 15 is 0 Å². The van der Waals surface area contributed by atoms with Crippen LogP contribution < -0.4 is 4.90 Å². The maximum Gasteiger partial charge on any atom is 0.135 e. The van der Waals surface area contributed by atoms with Gasteiger partial charge in [0, 0.05) is 49.9 Å². The molecule has 0 amide bonds. The Kier molecular flexibility index (Phi) is 8.54. The zero-order valence-corrected chi connectivity index (χ0v) is 38.4. The molecule has 0 unspecified atom stereocenters. The number of aromatic nitrogens is 1. The van der Waals surface area contributed by atoms with Gasteiger partial charge in [-0.25, -0.2) is 0 Å². The summed E-state index contributed by atoms with van der Waals surface area (Å²) in [6.45, 7) is 4.73. The third kappa shape index (κ3) is 5.68. The van der Waals surface area contributed by atoms with E-state index in [1.165, 1.54) is 77.4 Å².